The zero-order chi connectivity index (χ0) is 14.5. The Kier molecular flexibility index (Phi) is 4.76. The van der Waals surface area contributed by atoms with Crippen LogP contribution in [-0.4, -0.2) is 11.1 Å². The van der Waals surface area contributed by atoms with Gasteiger partial charge in [-0.2, -0.15) is 0 Å². The number of carboxylic acids is 1. The number of hydrogen-bond donors (Lipinski definition) is 1. The maximum atomic E-state index is 13.6. The second-order valence-electron chi connectivity index (χ2n) is 3.86. The van der Waals surface area contributed by atoms with Crippen LogP contribution in [0.2, 0.25) is 5.02 Å². The third kappa shape index (κ3) is 3.82. The summed E-state index contributed by atoms with van der Waals surface area (Å²) < 4.78 is 18.9. The number of halogens is 2. The SMILES string of the molecule is O=C(O)/C=C/c1csc(COc2cccc(Cl)c2F)c1. The molecule has 0 aliphatic carbocycles. The summed E-state index contributed by atoms with van der Waals surface area (Å²) in [4.78, 5) is 11.3. The summed E-state index contributed by atoms with van der Waals surface area (Å²) in [7, 11) is 0. The summed E-state index contributed by atoms with van der Waals surface area (Å²) in [6.07, 6.45) is 2.55. The van der Waals surface area contributed by atoms with E-state index >= 15 is 0 Å². The van der Waals surface area contributed by atoms with Gasteiger partial charge in [0.2, 0.25) is 0 Å². The van der Waals surface area contributed by atoms with Crippen LogP contribution in [-0.2, 0) is 11.4 Å². The summed E-state index contributed by atoms with van der Waals surface area (Å²) in [5.41, 5.74) is 0.766. The second-order valence-corrected chi connectivity index (χ2v) is 5.26. The fraction of sp³-hybridized carbons (Fsp3) is 0.0714. The molecule has 1 N–H and O–H groups in total. The second kappa shape index (κ2) is 6.54. The molecule has 0 bridgehead atoms. The van der Waals surface area contributed by atoms with E-state index in [0.717, 1.165) is 16.5 Å². The molecule has 0 aliphatic heterocycles. The lowest BCUT2D eigenvalue weighted by Crippen LogP contribution is -1.95. The van der Waals surface area contributed by atoms with Crippen molar-refractivity contribution in [1.82, 2.24) is 0 Å². The van der Waals surface area contributed by atoms with Crippen molar-refractivity contribution in [2.24, 2.45) is 0 Å². The van der Waals surface area contributed by atoms with E-state index in [4.69, 9.17) is 21.4 Å². The molecule has 1 aromatic heterocycles. The molecule has 3 nitrogen and oxygen atoms in total. The smallest absolute Gasteiger partial charge is 0.328 e. The van der Waals surface area contributed by atoms with Crippen molar-refractivity contribution in [3.63, 3.8) is 0 Å². The predicted octanol–water partition coefficient (Wildman–Crippen LogP) is 4.22. The average molecular weight is 313 g/mol. The lowest BCUT2D eigenvalue weighted by Gasteiger charge is -2.06. The van der Waals surface area contributed by atoms with Crippen molar-refractivity contribution >= 4 is 35.0 Å². The van der Waals surface area contributed by atoms with E-state index < -0.39 is 11.8 Å². The van der Waals surface area contributed by atoms with E-state index in [0.29, 0.717) is 0 Å². The molecule has 0 saturated carbocycles. The fourth-order valence-corrected chi connectivity index (χ4v) is 2.40. The van der Waals surface area contributed by atoms with Gasteiger partial charge in [-0.15, -0.1) is 11.3 Å². The molecule has 2 aromatic rings. The molecule has 0 aliphatic rings. The molecule has 1 heterocycles. The van der Waals surface area contributed by atoms with E-state index in [1.807, 2.05) is 0 Å². The minimum absolute atomic E-state index is 0.0127. The molecule has 20 heavy (non-hydrogen) atoms. The van der Waals surface area contributed by atoms with Gasteiger partial charge in [0.1, 0.15) is 6.61 Å². The standard InChI is InChI=1S/C14H10ClFO3S/c15-11-2-1-3-12(14(11)16)19-7-10-6-9(8-20-10)4-5-13(17)18/h1-6,8H,7H2,(H,17,18)/b5-4+. The van der Waals surface area contributed by atoms with Gasteiger partial charge in [-0.3, -0.25) is 0 Å². The van der Waals surface area contributed by atoms with Crippen LogP contribution in [0.1, 0.15) is 10.4 Å². The van der Waals surface area contributed by atoms with Crippen molar-refractivity contribution in [1.29, 1.82) is 0 Å². The van der Waals surface area contributed by atoms with Crippen LogP contribution in [0.5, 0.6) is 5.75 Å². The first-order valence-corrected chi connectivity index (χ1v) is 6.87. The van der Waals surface area contributed by atoms with Gasteiger partial charge in [-0.05, 0) is 35.2 Å². The number of benzene rings is 1. The Balaban J connectivity index is 2.01. The van der Waals surface area contributed by atoms with Crippen LogP contribution in [0.15, 0.2) is 35.7 Å². The normalized spacial score (nSPS) is 10.9. The lowest BCUT2D eigenvalue weighted by molar-refractivity contribution is -0.131. The Morgan fingerprint density at radius 2 is 2.30 bits per heavy atom. The monoisotopic (exact) mass is 312 g/mol. The van der Waals surface area contributed by atoms with E-state index in [1.165, 1.54) is 29.5 Å². The molecule has 1 aromatic carbocycles. The van der Waals surface area contributed by atoms with Crippen LogP contribution < -0.4 is 4.74 Å². The van der Waals surface area contributed by atoms with Crippen LogP contribution in [0.3, 0.4) is 0 Å². The topological polar surface area (TPSA) is 46.5 Å². The Morgan fingerprint density at radius 3 is 3.05 bits per heavy atom. The highest BCUT2D eigenvalue weighted by Crippen LogP contribution is 2.26. The summed E-state index contributed by atoms with van der Waals surface area (Å²) >= 11 is 7.06. The van der Waals surface area contributed by atoms with Gasteiger partial charge in [0, 0.05) is 11.0 Å². The molecular weight excluding hydrogens is 303 g/mol. The van der Waals surface area contributed by atoms with Gasteiger partial charge in [0.15, 0.2) is 11.6 Å². The molecule has 0 fully saturated rings. The van der Waals surface area contributed by atoms with Gasteiger partial charge in [0.25, 0.3) is 0 Å². The quantitative estimate of drug-likeness (QED) is 0.841. The van der Waals surface area contributed by atoms with Gasteiger partial charge in [0.05, 0.1) is 5.02 Å². The summed E-state index contributed by atoms with van der Waals surface area (Å²) in [5, 5.41) is 10.3. The minimum Gasteiger partial charge on any atom is -0.485 e. The molecule has 6 heteroatoms. The number of aliphatic carboxylic acids is 1. The number of hydrogen-bond acceptors (Lipinski definition) is 3. The first-order chi connectivity index (χ1) is 9.56. The minimum atomic E-state index is -1.00. The molecular formula is C14H10ClFO3S. The van der Waals surface area contributed by atoms with Crippen LogP contribution in [0, 0.1) is 5.82 Å². The molecule has 0 saturated heterocycles. The number of thiophene rings is 1. The number of carbonyl (C=O) groups is 1. The molecule has 0 amide bonds. The highest BCUT2D eigenvalue weighted by Gasteiger charge is 2.08. The Bertz CT molecular complexity index is 652. The largest absolute Gasteiger partial charge is 0.485 e. The number of ether oxygens (including phenoxy) is 1. The summed E-state index contributed by atoms with van der Waals surface area (Å²) in [6.45, 7) is 0.197. The maximum Gasteiger partial charge on any atom is 0.328 e. The van der Waals surface area contributed by atoms with E-state index in [1.54, 1.807) is 17.5 Å². The molecule has 0 spiro atoms. The first-order valence-electron chi connectivity index (χ1n) is 5.61. The van der Waals surface area contributed by atoms with E-state index in [-0.39, 0.29) is 17.4 Å². The fourth-order valence-electron chi connectivity index (χ4n) is 1.47. The van der Waals surface area contributed by atoms with E-state index in [2.05, 4.69) is 0 Å². The lowest BCUT2D eigenvalue weighted by atomic mass is 10.3. The number of carboxylic acid groups (broad SMARTS) is 1. The van der Waals surface area contributed by atoms with Crippen molar-refractivity contribution in [3.8, 4) is 5.75 Å². The highest BCUT2D eigenvalue weighted by atomic mass is 35.5. The van der Waals surface area contributed by atoms with Gasteiger partial charge >= 0.3 is 5.97 Å². The predicted molar refractivity (Wildman–Crippen MR) is 76.7 cm³/mol. The maximum absolute atomic E-state index is 13.6. The van der Waals surface area contributed by atoms with E-state index in [9.17, 15) is 9.18 Å². The van der Waals surface area contributed by atoms with Crippen LogP contribution >= 0.6 is 22.9 Å². The average Bonchev–Trinajstić information content (AvgIpc) is 2.86. The molecule has 104 valence electrons. The Hall–Kier alpha value is -1.85. The van der Waals surface area contributed by atoms with Crippen molar-refractivity contribution in [2.75, 3.05) is 0 Å². The third-order valence-electron chi connectivity index (χ3n) is 2.38. The van der Waals surface area contributed by atoms with Crippen LogP contribution in [0.4, 0.5) is 4.39 Å². The highest BCUT2D eigenvalue weighted by molar-refractivity contribution is 7.10. The van der Waals surface area contributed by atoms with Crippen molar-refractivity contribution in [3.05, 3.63) is 57.0 Å². The summed E-state index contributed by atoms with van der Waals surface area (Å²) in [6, 6.07) is 6.34. The Morgan fingerprint density at radius 1 is 1.50 bits per heavy atom. The number of rotatable bonds is 5. The van der Waals surface area contributed by atoms with Crippen molar-refractivity contribution < 1.29 is 19.0 Å². The first kappa shape index (κ1) is 14.6. The zero-order valence-electron chi connectivity index (χ0n) is 10.2. The Labute approximate surface area is 123 Å². The molecule has 0 unspecified atom stereocenters. The zero-order valence-corrected chi connectivity index (χ0v) is 11.7. The molecule has 0 radical (unpaired) electrons. The van der Waals surface area contributed by atoms with Crippen LogP contribution in [0.25, 0.3) is 6.08 Å². The molecule has 2 rings (SSSR count). The molecule has 0 atom stereocenters. The summed E-state index contributed by atoms with van der Waals surface area (Å²) in [5.74, 6) is -1.50. The third-order valence-corrected chi connectivity index (χ3v) is 3.60. The van der Waals surface area contributed by atoms with Gasteiger partial charge in [-0.25, -0.2) is 9.18 Å². The van der Waals surface area contributed by atoms with Crippen molar-refractivity contribution in [2.45, 2.75) is 6.61 Å². The van der Waals surface area contributed by atoms with Gasteiger partial charge < -0.3 is 9.84 Å². The van der Waals surface area contributed by atoms with Gasteiger partial charge in [-0.1, -0.05) is 17.7 Å².